The van der Waals surface area contributed by atoms with Crippen LogP contribution >= 0.6 is 0 Å². The van der Waals surface area contributed by atoms with Gasteiger partial charge in [0.2, 0.25) is 0 Å². The Balaban J connectivity index is 1.39. The molecule has 1 aliphatic rings. The van der Waals surface area contributed by atoms with Crippen LogP contribution in [0.15, 0.2) is 48.8 Å². The summed E-state index contributed by atoms with van der Waals surface area (Å²) in [6.07, 6.45) is 5.27. The van der Waals surface area contributed by atoms with E-state index in [1.54, 1.807) is 12.4 Å². The smallest absolute Gasteiger partial charge is 0.253 e. The number of hydrogen-bond acceptors (Lipinski definition) is 4. The number of H-pyrrole nitrogens is 1. The highest BCUT2D eigenvalue weighted by Gasteiger charge is 2.28. The lowest BCUT2D eigenvalue weighted by atomic mass is 10.0. The molecule has 0 radical (unpaired) electrons. The largest absolute Gasteiger partial charge is 0.338 e. The molecule has 3 heterocycles. The number of nitrogens with zero attached hydrogens (tertiary/aromatic N) is 4. The molecular weight excluding hydrogens is 326 g/mol. The lowest BCUT2D eigenvalue weighted by Crippen LogP contribution is -2.29. The van der Waals surface area contributed by atoms with Crippen LogP contribution in [-0.4, -0.2) is 44.1 Å². The van der Waals surface area contributed by atoms with Crippen molar-refractivity contribution < 1.29 is 4.79 Å². The average molecular weight is 347 g/mol. The number of carbonyl (C=O) groups is 1. The fraction of sp³-hybridized carbons (Fsp3) is 0.300. The second kappa shape index (κ2) is 7.07. The zero-order chi connectivity index (χ0) is 17.9. The summed E-state index contributed by atoms with van der Waals surface area (Å²) in [6.45, 7) is 3.56. The number of carbonyl (C=O) groups excluding carboxylic acids is 1. The molecule has 26 heavy (non-hydrogen) atoms. The number of pyridine rings is 1. The third kappa shape index (κ3) is 3.49. The quantitative estimate of drug-likeness (QED) is 0.787. The monoisotopic (exact) mass is 347 g/mol. The molecule has 0 aliphatic carbocycles. The molecule has 2 aromatic heterocycles. The molecule has 1 N–H and O–H groups in total. The lowest BCUT2D eigenvalue weighted by molar-refractivity contribution is 0.0787. The Morgan fingerprint density at radius 2 is 2.23 bits per heavy atom. The fourth-order valence-electron chi connectivity index (χ4n) is 3.43. The Morgan fingerprint density at radius 3 is 3.04 bits per heavy atom. The van der Waals surface area contributed by atoms with Crippen molar-refractivity contribution in [3.8, 4) is 11.4 Å². The van der Waals surface area contributed by atoms with Crippen LogP contribution < -0.4 is 0 Å². The predicted octanol–water partition coefficient (Wildman–Crippen LogP) is 2.88. The molecule has 0 saturated carbocycles. The van der Waals surface area contributed by atoms with E-state index in [0.29, 0.717) is 11.7 Å². The van der Waals surface area contributed by atoms with Gasteiger partial charge in [0.1, 0.15) is 5.82 Å². The third-order valence-corrected chi connectivity index (χ3v) is 4.77. The maximum atomic E-state index is 12.7. The lowest BCUT2D eigenvalue weighted by Gasteiger charge is -2.16. The summed E-state index contributed by atoms with van der Waals surface area (Å²) in [6, 6.07) is 11.6. The summed E-state index contributed by atoms with van der Waals surface area (Å²) in [5.41, 5.74) is 2.78. The summed E-state index contributed by atoms with van der Waals surface area (Å²) in [5, 5.41) is 7.31. The van der Waals surface area contributed by atoms with E-state index in [0.717, 1.165) is 48.4 Å². The van der Waals surface area contributed by atoms with Gasteiger partial charge in [0.05, 0.1) is 0 Å². The number of aromatic nitrogens is 4. The average Bonchev–Trinajstić information content (AvgIpc) is 3.32. The molecule has 132 valence electrons. The van der Waals surface area contributed by atoms with E-state index in [1.807, 2.05) is 48.2 Å². The van der Waals surface area contributed by atoms with E-state index in [2.05, 4.69) is 20.2 Å². The molecule has 0 spiro atoms. The van der Waals surface area contributed by atoms with Crippen LogP contribution in [0, 0.1) is 12.8 Å². The van der Waals surface area contributed by atoms with Crippen molar-refractivity contribution in [1.29, 1.82) is 0 Å². The molecule has 0 bridgehead atoms. The van der Waals surface area contributed by atoms with E-state index < -0.39 is 0 Å². The van der Waals surface area contributed by atoms with Gasteiger partial charge in [0.15, 0.2) is 5.82 Å². The zero-order valence-corrected chi connectivity index (χ0v) is 14.7. The summed E-state index contributed by atoms with van der Waals surface area (Å²) < 4.78 is 0. The van der Waals surface area contributed by atoms with E-state index in [9.17, 15) is 4.79 Å². The molecule has 1 saturated heterocycles. The van der Waals surface area contributed by atoms with E-state index in [1.165, 1.54) is 0 Å². The Hall–Kier alpha value is -3.02. The van der Waals surface area contributed by atoms with Crippen LogP contribution in [0.3, 0.4) is 0 Å². The third-order valence-electron chi connectivity index (χ3n) is 4.77. The Morgan fingerprint density at radius 1 is 1.31 bits per heavy atom. The van der Waals surface area contributed by atoms with Gasteiger partial charge in [0, 0.05) is 43.0 Å². The number of benzene rings is 1. The van der Waals surface area contributed by atoms with Crippen LogP contribution in [0.4, 0.5) is 0 Å². The van der Waals surface area contributed by atoms with Crippen LogP contribution in [0.1, 0.15) is 28.2 Å². The van der Waals surface area contributed by atoms with E-state index in [4.69, 9.17) is 0 Å². The van der Waals surface area contributed by atoms with Crippen molar-refractivity contribution in [2.24, 2.45) is 5.92 Å². The number of nitrogens with one attached hydrogen (secondary N) is 1. The maximum Gasteiger partial charge on any atom is 0.253 e. The van der Waals surface area contributed by atoms with Gasteiger partial charge in [-0.25, -0.2) is 4.98 Å². The van der Waals surface area contributed by atoms with Gasteiger partial charge in [-0.2, -0.15) is 5.10 Å². The number of amides is 1. The molecule has 6 nitrogen and oxygen atoms in total. The second-order valence-corrected chi connectivity index (χ2v) is 6.83. The first-order valence-corrected chi connectivity index (χ1v) is 8.86. The fourth-order valence-corrected chi connectivity index (χ4v) is 3.43. The first kappa shape index (κ1) is 16.4. The van der Waals surface area contributed by atoms with Crippen molar-refractivity contribution >= 4 is 5.91 Å². The standard InChI is InChI=1S/C20H21N5O/c1-14-4-2-5-16(10-14)20(26)25-9-7-15(13-25)11-18-22-19(24-23-18)17-6-3-8-21-12-17/h2-6,8,10,12,15H,7,9,11,13H2,1H3,(H,22,23,24). The van der Waals surface area contributed by atoms with E-state index in [-0.39, 0.29) is 5.91 Å². The van der Waals surface area contributed by atoms with Crippen molar-refractivity contribution in [1.82, 2.24) is 25.1 Å². The number of hydrogen-bond donors (Lipinski definition) is 1. The van der Waals surface area contributed by atoms with Crippen molar-refractivity contribution in [3.05, 3.63) is 65.7 Å². The summed E-state index contributed by atoms with van der Waals surface area (Å²) in [7, 11) is 0. The SMILES string of the molecule is Cc1cccc(C(=O)N2CCC(Cc3nc(-c4cccnc4)n[nH]3)C2)c1. The topological polar surface area (TPSA) is 74.8 Å². The van der Waals surface area contributed by atoms with Gasteiger partial charge in [-0.15, -0.1) is 0 Å². The van der Waals surface area contributed by atoms with E-state index >= 15 is 0 Å². The summed E-state index contributed by atoms with van der Waals surface area (Å²) >= 11 is 0. The van der Waals surface area contributed by atoms with Crippen LogP contribution in [0.2, 0.25) is 0 Å². The molecule has 1 atom stereocenters. The van der Waals surface area contributed by atoms with Crippen LogP contribution in [-0.2, 0) is 6.42 Å². The van der Waals surface area contributed by atoms with Crippen molar-refractivity contribution in [2.75, 3.05) is 13.1 Å². The number of rotatable bonds is 4. The minimum atomic E-state index is 0.116. The normalized spacial score (nSPS) is 16.8. The number of aryl methyl sites for hydroxylation is 1. The molecule has 1 aliphatic heterocycles. The molecule has 3 aromatic rings. The van der Waals surface area contributed by atoms with Gasteiger partial charge in [-0.3, -0.25) is 14.9 Å². The highest BCUT2D eigenvalue weighted by molar-refractivity contribution is 5.94. The van der Waals surface area contributed by atoms with Crippen molar-refractivity contribution in [2.45, 2.75) is 19.8 Å². The van der Waals surface area contributed by atoms with Gasteiger partial charge >= 0.3 is 0 Å². The Bertz CT molecular complexity index is 905. The predicted molar refractivity (Wildman–Crippen MR) is 98.5 cm³/mol. The number of aromatic amines is 1. The Labute approximate surface area is 152 Å². The second-order valence-electron chi connectivity index (χ2n) is 6.83. The van der Waals surface area contributed by atoms with Crippen LogP contribution in [0.25, 0.3) is 11.4 Å². The first-order chi connectivity index (χ1) is 12.7. The highest BCUT2D eigenvalue weighted by Crippen LogP contribution is 2.22. The van der Waals surface area contributed by atoms with Gasteiger partial charge < -0.3 is 4.90 Å². The molecule has 1 amide bonds. The maximum absolute atomic E-state index is 12.7. The van der Waals surface area contributed by atoms with Crippen molar-refractivity contribution in [3.63, 3.8) is 0 Å². The van der Waals surface area contributed by atoms with Gasteiger partial charge in [0.25, 0.3) is 5.91 Å². The van der Waals surface area contributed by atoms with Gasteiger partial charge in [-0.1, -0.05) is 17.7 Å². The first-order valence-electron chi connectivity index (χ1n) is 8.86. The molecule has 1 aromatic carbocycles. The highest BCUT2D eigenvalue weighted by atomic mass is 16.2. The zero-order valence-electron chi connectivity index (χ0n) is 14.7. The number of likely N-dealkylation sites (tertiary alicyclic amines) is 1. The Kier molecular flexibility index (Phi) is 4.48. The molecule has 6 heteroatoms. The van der Waals surface area contributed by atoms with Crippen LogP contribution in [0.5, 0.6) is 0 Å². The van der Waals surface area contributed by atoms with Gasteiger partial charge in [-0.05, 0) is 43.5 Å². The summed E-state index contributed by atoms with van der Waals surface area (Å²) in [5.74, 6) is 2.04. The molecular formula is C20H21N5O. The summed E-state index contributed by atoms with van der Waals surface area (Å²) in [4.78, 5) is 23.3. The minimum absolute atomic E-state index is 0.116. The minimum Gasteiger partial charge on any atom is -0.338 e. The molecule has 1 unspecified atom stereocenters. The molecule has 4 rings (SSSR count). The molecule has 1 fully saturated rings.